The van der Waals surface area contributed by atoms with Crippen LogP contribution in [0.4, 0.5) is 5.82 Å². The number of hydrogen-bond acceptors (Lipinski definition) is 5. The minimum absolute atomic E-state index is 0.481. The van der Waals surface area contributed by atoms with Crippen molar-refractivity contribution in [1.29, 1.82) is 0 Å². The lowest BCUT2D eigenvalue weighted by molar-refractivity contribution is 0.475. The normalized spacial score (nSPS) is 10.5. The van der Waals surface area contributed by atoms with Crippen molar-refractivity contribution in [3.05, 3.63) is 60.2 Å². The average Bonchev–Trinajstić information content (AvgIpc) is 2.58. The molecule has 0 spiro atoms. The molecule has 5 heteroatoms. The third kappa shape index (κ3) is 3.45. The number of aryl methyl sites for hydroxylation is 2. The van der Waals surface area contributed by atoms with Crippen LogP contribution in [0.2, 0.25) is 0 Å². The van der Waals surface area contributed by atoms with Gasteiger partial charge in [-0.2, -0.15) is 0 Å². The van der Waals surface area contributed by atoms with Gasteiger partial charge in [0.05, 0.1) is 11.4 Å². The molecule has 3 heterocycles. The lowest BCUT2D eigenvalue weighted by Gasteiger charge is -2.10. The van der Waals surface area contributed by atoms with Crippen LogP contribution < -0.4 is 10.5 Å². The molecule has 116 valence electrons. The van der Waals surface area contributed by atoms with E-state index in [0.717, 1.165) is 29.1 Å². The average molecular weight is 306 g/mol. The Hall–Kier alpha value is -2.95. The van der Waals surface area contributed by atoms with E-state index in [1.54, 1.807) is 18.5 Å². The number of anilines is 1. The number of nitrogen functional groups attached to an aromatic ring is 1. The molecule has 0 bridgehead atoms. The lowest BCUT2D eigenvalue weighted by atomic mass is 10.1. The number of ether oxygens (including phenoxy) is 1. The van der Waals surface area contributed by atoms with Gasteiger partial charge in [-0.1, -0.05) is 6.92 Å². The van der Waals surface area contributed by atoms with Gasteiger partial charge in [-0.3, -0.25) is 9.97 Å². The van der Waals surface area contributed by atoms with Crippen molar-refractivity contribution in [3.8, 4) is 22.8 Å². The van der Waals surface area contributed by atoms with Gasteiger partial charge >= 0.3 is 0 Å². The summed E-state index contributed by atoms with van der Waals surface area (Å²) >= 11 is 0. The molecule has 3 aromatic rings. The summed E-state index contributed by atoms with van der Waals surface area (Å²) in [5, 5.41) is 0. The smallest absolute Gasteiger partial charge is 0.148 e. The first-order valence-corrected chi connectivity index (χ1v) is 7.48. The first kappa shape index (κ1) is 15.0. The van der Waals surface area contributed by atoms with Crippen LogP contribution in [0.1, 0.15) is 18.3 Å². The van der Waals surface area contributed by atoms with E-state index < -0.39 is 0 Å². The number of nitrogens with two attached hydrogens (primary N) is 1. The SMILES string of the molecule is CCc1cc(-c2cc(Oc3ccc(N)nc3C)ccn2)ccn1. The third-order valence-electron chi connectivity index (χ3n) is 3.49. The zero-order valence-corrected chi connectivity index (χ0v) is 13.2. The van der Waals surface area contributed by atoms with Gasteiger partial charge in [-0.25, -0.2) is 4.98 Å². The summed E-state index contributed by atoms with van der Waals surface area (Å²) in [5.41, 5.74) is 9.32. The summed E-state index contributed by atoms with van der Waals surface area (Å²) in [7, 11) is 0. The third-order valence-corrected chi connectivity index (χ3v) is 3.49. The first-order valence-electron chi connectivity index (χ1n) is 7.48. The Morgan fingerprint density at radius 2 is 1.87 bits per heavy atom. The zero-order chi connectivity index (χ0) is 16.2. The van der Waals surface area contributed by atoms with E-state index in [9.17, 15) is 0 Å². The molecule has 0 aliphatic heterocycles. The molecule has 0 fully saturated rings. The molecule has 3 rings (SSSR count). The molecule has 5 nitrogen and oxygen atoms in total. The van der Waals surface area contributed by atoms with E-state index in [-0.39, 0.29) is 0 Å². The Balaban J connectivity index is 1.90. The molecule has 0 aliphatic rings. The van der Waals surface area contributed by atoms with Crippen LogP contribution in [0.15, 0.2) is 48.8 Å². The molecule has 0 saturated heterocycles. The molecule has 0 aromatic carbocycles. The molecule has 0 aliphatic carbocycles. The highest BCUT2D eigenvalue weighted by atomic mass is 16.5. The number of pyridine rings is 3. The van der Waals surface area contributed by atoms with Gasteiger partial charge in [-0.05, 0) is 43.7 Å². The molecule has 0 unspecified atom stereocenters. The van der Waals surface area contributed by atoms with Crippen LogP contribution in [-0.2, 0) is 6.42 Å². The summed E-state index contributed by atoms with van der Waals surface area (Å²) in [5.74, 6) is 1.87. The Morgan fingerprint density at radius 1 is 1.04 bits per heavy atom. The maximum Gasteiger partial charge on any atom is 0.148 e. The predicted octanol–water partition coefficient (Wildman–Crippen LogP) is 3.78. The van der Waals surface area contributed by atoms with Crippen molar-refractivity contribution >= 4 is 5.82 Å². The summed E-state index contributed by atoms with van der Waals surface area (Å²) in [4.78, 5) is 12.9. The summed E-state index contributed by atoms with van der Waals surface area (Å²) in [6.45, 7) is 3.94. The minimum Gasteiger partial charge on any atom is -0.455 e. The zero-order valence-electron chi connectivity index (χ0n) is 13.2. The highest BCUT2D eigenvalue weighted by Gasteiger charge is 2.06. The number of rotatable bonds is 4. The Morgan fingerprint density at radius 3 is 2.65 bits per heavy atom. The molecule has 2 N–H and O–H groups in total. The van der Waals surface area contributed by atoms with Crippen LogP contribution in [-0.4, -0.2) is 15.0 Å². The van der Waals surface area contributed by atoms with Crippen LogP contribution in [0.5, 0.6) is 11.5 Å². The van der Waals surface area contributed by atoms with Crippen molar-refractivity contribution in [2.75, 3.05) is 5.73 Å². The Bertz CT molecular complexity index is 833. The fourth-order valence-corrected chi connectivity index (χ4v) is 2.27. The van der Waals surface area contributed by atoms with E-state index >= 15 is 0 Å². The molecular weight excluding hydrogens is 288 g/mol. The maximum atomic E-state index is 5.91. The van der Waals surface area contributed by atoms with E-state index in [1.807, 2.05) is 37.3 Å². The van der Waals surface area contributed by atoms with E-state index in [4.69, 9.17) is 10.5 Å². The van der Waals surface area contributed by atoms with Crippen LogP contribution in [0, 0.1) is 6.92 Å². The summed E-state index contributed by atoms with van der Waals surface area (Å²) in [6.07, 6.45) is 4.43. The van der Waals surface area contributed by atoms with Gasteiger partial charge in [0.25, 0.3) is 0 Å². The predicted molar refractivity (Wildman–Crippen MR) is 90.3 cm³/mol. The standard InChI is InChI=1S/C18H18N4O/c1-3-14-10-13(6-8-20-14)16-11-15(7-9-21-16)23-17-4-5-18(19)22-12(17)2/h4-11H,3H2,1-2H3,(H2,19,22). The molecule has 23 heavy (non-hydrogen) atoms. The van der Waals surface area contributed by atoms with Gasteiger partial charge in [0, 0.05) is 29.7 Å². The van der Waals surface area contributed by atoms with E-state index in [2.05, 4.69) is 21.9 Å². The first-order chi connectivity index (χ1) is 11.2. The maximum absolute atomic E-state index is 5.91. The second-order valence-electron chi connectivity index (χ2n) is 5.19. The second kappa shape index (κ2) is 6.44. The monoisotopic (exact) mass is 306 g/mol. The highest BCUT2D eigenvalue weighted by Crippen LogP contribution is 2.27. The molecule has 0 amide bonds. The molecule has 0 radical (unpaired) electrons. The quantitative estimate of drug-likeness (QED) is 0.794. The fourth-order valence-electron chi connectivity index (χ4n) is 2.27. The van der Waals surface area contributed by atoms with Crippen molar-refractivity contribution in [3.63, 3.8) is 0 Å². The van der Waals surface area contributed by atoms with Gasteiger partial charge in [0.1, 0.15) is 17.3 Å². The van der Waals surface area contributed by atoms with Crippen molar-refractivity contribution in [1.82, 2.24) is 15.0 Å². The number of aromatic nitrogens is 3. The van der Waals surface area contributed by atoms with E-state index in [1.165, 1.54) is 0 Å². The Kier molecular flexibility index (Phi) is 4.19. The van der Waals surface area contributed by atoms with Crippen molar-refractivity contribution in [2.45, 2.75) is 20.3 Å². The topological polar surface area (TPSA) is 73.9 Å². The molecule has 3 aromatic heterocycles. The van der Waals surface area contributed by atoms with Gasteiger partial charge in [0.15, 0.2) is 0 Å². The van der Waals surface area contributed by atoms with Crippen LogP contribution in [0.3, 0.4) is 0 Å². The lowest BCUT2D eigenvalue weighted by Crippen LogP contribution is -1.95. The fraction of sp³-hybridized carbons (Fsp3) is 0.167. The minimum atomic E-state index is 0.481. The van der Waals surface area contributed by atoms with Gasteiger partial charge < -0.3 is 10.5 Å². The van der Waals surface area contributed by atoms with Crippen molar-refractivity contribution < 1.29 is 4.74 Å². The van der Waals surface area contributed by atoms with Gasteiger partial charge in [0.2, 0.25) is 0 Å². The number of nitrogens with zero attached hydrogens (tertiary/aromatic N) is 3. The molecule has 0 saturated carbocycles. The molecular formula is C18H18N4O. The van der Waals surface area contributed by atoms with Crippen LogP contribution >= 0.6 is 0 Å². The summed E-state index contributed by atoms with van der Waals surface area (Å²) in [6, 6.07) is 11.3. The van der Waals surface area contributed by atoms with Crippen molar-refractivity contribution in [2.24, 2.45) is 0 Å². The number of hydrogen-bond donors (Lipinski definition) is 1. The van der Waals surface area contributed by atoms with Crippen LogP contribution in [0.25, 0.3) is 11.3 Å². The largest absolute Gasteiger partial charge is 0.455 e. The summed E-state index contributed by atoms with van der Waals surface area (Å²) < 4.78 is 5.91. The Labute approximate surface area is 135 Å². The highest BCUT2D eigenvalue weighted by molar-refractivity contribution is 5.60. The molecule has 0 atom stereocenters. The van der Waals surface area contributed by atoms with Gasteiger partial charge in [-0.15, -0.1) is 0 Å². The second-order valence-corrected chi connectivity index (χ2v) is 5.19. The van der Waals surface area contributed by atoms with E-state index in [0.29, 0.717) is 17.3 Å².